The molecule has 0 saturated carbocycles. The highest BCUT2D eigenvalue weighted by Crippen LogP contribution is 2.26. The maximum absolute atomic E-state index is 12.8. The molecule has 2 rings (SSSR count). The summed E-state index contributed by atoms with van der Waals surface area (Å²) >= 11 is 11.9. The van der Waals surface area contributed by atoms with Gasteiger partial charge in [-0.25, -0.2) is 4.39 Å². The first-order valence-corrected chi connectivity index (χ1v) is 6.43. The quantitative estimate of drug-likeness (QED) is 0.883. The Labute approximate surface area is 120 Å². The van der Waals surface area contributed by atoms with Gasteiger partial charge in [0.1, 0.15) is 5.82 Å². The first-order chi connectivity index (χ1) is 9.08. The zero-order valence-corrected chi connectivity index (χ0v) is 11.4. The van der Waals surface area contributed by atoms with Gasteiger partial charge in [0.2, 0.25) is 0 Å². The van der Waals surface area contributed by atoms with E-state index in [0.717, 1.165) is 5.56 Å². The zero-order valence-electron chi connectivity index (χ0n) is 9.91. The van der Waals surface area contributed by atoms with E-state index < -0.39 is 0 Å². The minimum atomic E-state index is -0.360. The summed E-state index contributed by atoms with van der Waals surface area (Å²) in [5.74, 6) is -0.308. The second kappa shape index (κ2) is 6.24. The Balaban J connectivity index is 2.22. The fourth-order valence-corrected chi connectivity index (χ4v) is 2.30. The Morgan fingerprint density at radius 2 is 1.63 bits per heavy atom. The first-order valence-electron chi connectivity index (χ1n) is 5.67. The van der Waals surface area contributed by atoms with E-state index in [0.29, 0.717) is 15.7 Å². The molecular formula is C14H12Cl2FNO. The molecule has 0 spiro atoms. The molecule has 0 bridgehead atoms. The molecule has 2 nitrogen and oxygen atoms in total. The van der Waals surface area contributed by atoms with Crippen molar-refractivity contribution >= 4 is 28.9 Å². The molecule has 0 amide bonds. The number of aliphatic hydroxyl groups excluding tert-OH is 1. The Morgan fingerprint density at radius 3 is 2.16 bits per heavy atom. The van der Waals surface area contributed by atoms with E-state index in [1.807, 2.05) is 0 Å². The lowest BCUT2D eigenvalue weighted by Gasteiger charge is -2.18. The van der Waals surface area contributed by atoms with Gasteiger partial charge in [0, 0.05) is 15.7 Å². The van der Waals surface area contributed by atoms with Crippen molar-refractivity contribution in [1.29, 1.82) is 0 Å². The van der Waals surface area contributed by atoms with Crippen LogP contribution in [0.15, 0.2) is 42.5 Å². The monoisotopic (exact) mass is 299 g/mol. The van der Waals surface area contributed by atoms with Gasteiger partial charge in [-0.15, -0.1) is 0 Å². The van der Waals surface area contributed by atoms with Crippen molar-refractivity contribution in [3.8, 4) is 0 Å². The van der Waals surface area contributed by atoms with E-state index in [1.165, 1.54) is 12.1 Å². The van der Waals surface area contributed by atoms with Crippen LogP contribution in [0.5, 0.6) is 0 Å². The molecule has 1 atom stereocenters. The highest BCUT2D eigenvalue weighted by Gasteiger charge is 2.12. The van der Waals surface area contributed by atoms with Crippen LogP contribution in [0.25, 0.3) is 0 Å². The fourth-order valence-electron chi connectivity index (χ4n) is 1.76. The molecule has 2 N–H and O–H groups in total. The number of anilines is 1. The van der Waals surface area contributed by atoms with Gasteiger partial charge in [0.05, 0.1) is 12.6 Å². The second-order valence-electron chi connectivity index (χ2n) is 4.09. The van der Waals surface area contributed by atoms with Crippen molar-refractivity contribution in [3.05, 3.63) is 63.9 Å². The highest BCUT2D eigenvalue weighted by molar-refractivity contribution is 6.34. The van der Waals surface area contributed by atoms with Crippen LogP contribution in [0.4, 0.5) is 10.1 Å². The summed E-state index contributed by atoms with van der Waals surface area (Å²) in [7, 11) is 0. The molecule has 5 heteroatoms. The van der Waals surface area contributed by atoms with Crippen molar-refractivity contribution in [2.45, 2.75) is 6.04 Å². The topological polar surface area (TPSA) is 32.3 Å². The molecule has 1 unspecified atom stereocenters. The van der Waals surface area contributed by atoms with E-state index in [4.69, 9.17) is 23.2 Å². The van der Waals surface area contributed by atoms with E-state index in [-0.39, 0.29) is 18.5 Å². The number of rotatable bonds is 4. The van der Waals surface area contributed by atoms with Gasteiger partial charge in [-0.3, -0.25) is 0 Å². The third-order valence-electron chi connectivity index (χ3n) is 2.65. The van der Waals surface area contributed by atoms with Crippen molar-refractivity contribution in [1.82, 2.24) is 0 Å². The van der Waals surface area contributed by atoms with Crippen molar-refractivity contribution in [2.75, 3.05) is 11.9 Å². The molecule has 0 saturated heterocycles. The van der Waals surface area contributed by atoms with Crippen molar-refractivity contribution in [2.24, 2.45) is 0 Å². The smallest absolute Gasteiger partial charge is 0.123 e. The van der Waals surface area contributed by atoms with Crippen LogP contribution in [0.2, 0.25) is 10.0 Å². The van der Waals surface area contributed by atoms with E-state index in [1.54, 1.807) is 30.3 Å². The summed E-state index contributed by atoms with van der Waals surface area (Å²) in [5, 5.41) is 13.6. The van der Waals surface area contributed by atoms with Crippen LogP contribution in [-0.2, 0) is 0 Å². The largest absolute Gasteiger partial charge is 0.394 e. The summed E-state index contributed by atoms with van der Waals surface area (Å²) in [6.45, 7) is -0.131. The van der Waals surface area contributed by atoms with Gasteiger partial charge in [-0.1, -0.05) is 23.2 Å². The lowest BCUT2D eigenvalue weighted by molar-refractivity contribution is 0.276. The third kappa shape index (κ3) is 3.83. The molecule has 0 fully saturated rings. The maximum atomic E-state index is 12.8. The number of hydrogen-bond donors (Lipinski definition) is 2. The number of aliphatic hydroxyl groups is 1. The summed E-state index contributed by atoms with van der Waals surface area (Å²) in [6.07, 6.45) is 0. The van der Waals surface area contributed by atoms with Gasteiger partial charge in [0.25, 0.3) is 0 Å². The first kappa shape index (κ1) is 14.1. The normalized spacial score (nSPS) is 12.2. The van der Waals surface area contributed by atoms with Gasteiger partial charge < -0.3 is 10.4 Å². The summed E-state index contributed by atoms with van der Waals surface area (Å²) < 4.78 is 12.8. The molecule has 0 aliphatic heterocycles. The van der Waals surface area contributed by atoms with E-state index in [9.17, 15) is 9.50 Å². The van der Waals surface area contributed by atoms with Crippen LogP contribution in [0.3, 0.4) is 0 Å². The molecule has 19 heavy (non-hydrogen) atoms. The van der Waals surface area contributed by atoms with Crippen LogP contribution in [0, 0.1) is 5.82 Å². The summed E-state index contributed by atoms with van der Waals surface area (Å²) in [4.78, 5) is 0. The molecule has 0 aliphatic rings. The molecular weight excluding hydrogens is 288 g/mol. The average molecular weight is 300 g/mol. The van der Waals surface area contributed by atoms with Crippen LogP contribution in [0.1, 0.15) is 11.6 Å². The Kier molecular flexibility index (Phi) is 4.64. The highest BCUT2D eigenvalue weighted by atomic mass is 35.5. The summed E-state index contributed by atoms with van der Waals surface area (Å²) in [6, 6.07) is 10.6. The molecule has 2 aromatic rings. The summed E-state index contributed by atoms with van der Waals surface area (Å²) in [5.41, 5.74) is 1.47. The van der Waals surface area contributed by atoms with Crippen LogP contribution < -0.4 is 5.32 Å². The van der Waals surface area contributed by atoms with Gasteiger partial charge >= 0.3 is 0 Å². The van der Waals surface area contributed by atoms with Crippen molar-refractivity contribution < 1.29 is 9.50 Å². The lowest BCUT2D eigenvalue weighted by Crippen LogP contribution is -2.14. The molecule has 0 heterocycles. The van der Waals surface area contributed by atoms with Crippen LogP contribution >= 0.6 is 23.2 Å². The molecule has 0 radical (unpaired) electrons. The lowest BCUT2D eigenvalue weighted by atomic mass is 10.1. The molecule has 0 aromatic heterocycles. The molecule has 0 aliphatic carbocycles. The minimum absolute atomic E-state index is 0.131. The second-order valence-corrected chi connectivity index (χ2v) is 4.96. The maximum Gasteiger partial charge on any atom is 0.123 e. The third-order valence-corrected chi connectivity index (χ3v) is 3.09. The Hall–Kier alpha value is -1.29. The Bertz CT molecular complexity index is 540. The van der Waals surface area contributed by atoms with Crippen molar-refractivity contribution in [3.63, 3.8) is 0 Å². The predicted octanol–water partition coefficient (Wildman–Crippen LogP) is 4.28. The zero-order chi connectivity index (χ0) is 13.8. The fraction of sp³-hybridized carbons (Fsp3) is 0.143. The SMILES string of the molecule is OCC(Nc1ccc(F)cc1)c1cc(Cl)cc(Cl)c1. The minimum Gasteiger partial charge on any atom is -0.394 e. The molecule has 2 aromatic carbocycles. The average Bonchev–Trinajstić information content (AvgIpc) is 2.37. The number of nitrogens with one attached hydrogen (secondary N) is 1. The van der Waals surface area contributed by atoms with Gasteiger partial charge in [-0.2, -0.15) is 0 Å². The number of benzene rings is 2. The van der Waals surface area contributed by atoms with Gasteiger partial charge in [0.15, 0.2) is 0 Å². The van der Waals surface area contributed by atoms with Gasteiger partial charge in [-0.05, 0) is 48.0 Å². The predicted molar refractivity (Wildman–Crippen MR) is 76.3 cm³/mol. The Morgan fingerprint density at radius 1 is 1.05 bits per heavy atom. The number of halogens is 3. The standard InChI is InChI=1S/C14H12Cl2FNO/c15-10-5-9(6-11(16)7-10)14(8-19)18-13-3-1-12(17)2-4-13/h1-7,14,18-19H,8H2. The molecule has 100 valence electrons. The van der Waals surface area contributed by atoms with Crippen LogP contribution in [-0.4, -0.2) is 11.7 Å². The number of hydrogen-bond acceptors (Lipinski definition) is 2. The van der Waals surface area contributed by atoms with E-state index in [2.05, 4.69) is 5.32 Å². The van der Waals surface area contributed by atoms with E-state index >= 15 is 0 Å².